The number of hydrogen-bond donors (Lipinski definition) is 2. The summed E-state index contributed by atoms with van der Waals surface area (Å²) in [6.07, 6.45) is 9.61. The summed E-state index contributed by atoms with van der Waals surface area (Å²) in [6, 6.07) is 19.2. The van der Waals surface area contributed by atoms with Gasteiger partial charge in [0.25, 0.3) is 0 Å². The number of aromatic amines is 1. The molecule has 6 nitrogen and oxygen atoms in total. The minimum Gasteiger partial charge on any atom is -0.490 e. The Bertz CT molecular complexity index is 1470. The fourth-order valence-corrected chi connectivity index (χ4v) is 4.66. The van der Waals surface area contributed by atoms with Crippen LogP contribution in [-0.4, -0.2) is 40.6 Å². The second-order valence-electron chi connectivity index (χ2n) is 9.29. The quantitative estimate of drug-likeness (QED) is 0.253. The van der Waals surface area contributed by atoms with Gasteiger partial charge < -0.3 is 14.6 Å². The minimum absolute atomic E-state index is 0.180. The van der Waals surface area contributed by atoms with Gasteiger partial charge in [0.1, 0.15) is 17.7 Å². The number of carboxylic acid groups (broad SMARTS) is 1. The standard InChI is InChI=1S/C31H29FN2O4/c32-31-27(12-13-29-28(31)20-33-34-29)26(23-10-7-21(8-11-23)9-14-30(35)36)6-2-4-22-3-1-5-25(19-22)38-24-15-17-37-18-16-24/h1,3,5-14,19-20,24H,2,4,15-18H2,(H,33,34)(H,35,36)/b14-9+,26-6+. The van der Waals surface area contributed by atoms with Gasteiger partial charge in [0, 0.05) is 24.5 Å². The molecule has 5 rings (SSSR count). The molecule has 7 heteroatoms. The number of halogens is 1. The van der Waals surface area contributed by atoms with Crippen molar-refractivity contribution in [2.45, 2.75) is 31.8 Å². The van der Waals surface area contributed by atoms with Gasteiger partial charge in [-0.25, -0.2) is 9.18 Å². The number of carboxylic acids is 1. The summed E-state index contributed by atoms with van der Waals surface area (Å²) < 4.78 is 27.1. The van der Waals surface area contributed by atoms with Gasteiger partial charge in [0.05, 0.1) is 30.3 Å². The molecule has 0 unspecified atom stereocenters. The van der Waals surface area contributed by atoms with Crippen molar-refractivity contribution in [1.82, 2.24) is 10.2 Å². The second-order valence-corrected chi connectivity index (χ2v) is 9.29. The number of nitrogens with one attached hydrogen (secondary N) is 1. The van der Waals surface area contributed by atoms with Crippen molar-refractivity contribution in [3.05, 3.63) is 107 Å². The average Bonchev–Trinajstić information content (AvgIpc) is 3.42. The largest absolute Gasteiger partial charge is 0.490 e. The van der Waals surface area contributed by atoms with E-state index in [0.717, 1.165) is 66.6 Å². The van der Waals surface area contributed by atoms with E-state index in [4.69, 9.17) is 14.6 Å². The zero-order valence-electron chi connectivity index (χ0n) is 20.9. The molecule has 0 amide bonds. The van der Waals surface area contributed by atoms with Gasteiger partial charge in [-0.2, -0.15) is 5.10 Å². The zero-order chi connectivity index (χ0) is 26.3. The first kappa shape index (κ1) is 25.4. The molecule has 3 aromatic carbocycles. The summed E-state index contributed by atoms with van der Waals surface area (Å²) in [6.45, 7) is 1.46. The molecule has 0 bridgehead atoms. The molecule has 0 radical (unpaired) electrons. The number of benzene rings is 3. The molecule has 2 heterocycles. The predicted octanol–water partition coefficient (Wildman–Crippen LogP) is 6.42. The SMILES string of the molecule is O=C(O)/C=C/c1ccc(/C(=C\CCc2cccc(OC3CCOCC3)c2)c2ccc3[nH]ncc3c2F)cc1. The molecule has 1 fully saturated rings. The molecular weight excluding hydrogens is 483 g/mol. The molecule has 0 aliphatic carbocycles. The van der Waals surface area contributed by atoms with Gasteiger partial charge in [0.2, 0.25) is 0 Å². The van der Waals surface area contributed by atoms with Crippen LogP contribution in [0.4, 0.5) is 4.39 Å². The first-order valence-corrected chi connectivity index (χ1v) is 12.7. The first-order valence-electron chi connectivity index (χ1n) is 12.7. The molecular formula is C31H29FN2O4. The van der Waals surface area contributed by atoms with Crippen LogP contribution in [0.2, 0.25) is 0 Å². The number of nitrogens with zero attached hydrogens (tertiary/aromatic N) is 1. The number of H-pyrrole nitrogens is 1. The van der Waals surface area contributed by atoms with Crippen LogP contribution < -0.4 is 4.74 Å². The molecule has 1 aliphatic rings. The number of aromatic nitrogens is 2. The van der Waals surface area contributed by atoms with Gasteiger partial charge in [-0.05, 0) is 65.4 Å². The third kappa shape index (κ3) is 6.18. The highest BCUT2D eigenvalue weighted by molar-refractivity contribution is 5.89. The van der Waals surface area contributed by atoms with Crippen molar-refractivity contribution in [3.63, 3.8) is 0 Å². The Morgan fingerprint density at radius 2 is 1.95 bits per heavy atom. The van der Waals surface area contributed by atoms with Crippen molar-refractivity contribution >= 4 is 28.5 Å². The van der Waals surface area contributed by atoms with Crippen molar-refractivity contribution in [2.24, 2.45) is 0 Å². The van der Waals surface area contributed by atoms with Crippen LogP contribution in [0, 0.1) is 5.82 Å². The highest BCUT2D eigenvalue weighted by Gasteiger charge is 2.16. The van der Waals surface area contributed by atoms with E-state index >= 15 is 4.39 Å². The number of carbonyl (C=O) groups is 1. The summed E-state index contributed by atoms with van der Waals surface area (Å²) in [5, 5.41) is 16.1. The normalized spacial score (nSPS) is 14.8. The Morgan fingerprint density at radius 3 is 2.74 bits per heavy atom. The van der Waals surface area contributed by atoms with Gasteiger partial charge in [-0.1, -0.05) is 42.5 Å². The summed E-state index contributed by atoms with van der Waals surface area (Å²) in [4.78, 5) is 10.9. The molecule has 38 heavy (non-hydrogen) atoms. The van der Waals surface area contributed by atoms with Crippen molar-refractivity contribution in [1.29, 1.82) is 0 Å². The number of aryl methyl sites for hydroxylation is 1. The zero-order valence-corrected chi connectivity index (χ0v) is 20.9. The Morgan fingerprint density at radius 1 is 1.13 bits per heavy atom. The van der Waals surface area contributed by atoms with Crippen molar-refractivity contribution in [3.8, 4) is 5.75 Å². The van der Waals surface area contributed by atoms with Crippen LogP contribution in [0.3, 0.4) is 0 Å². The van der Waals surface area contributed by atoms with E-state index in [1.54, 1.807) is 6.07 Å². The molecule has 1 aromatic heterocycles. The van der Waals surface area contributed by atoms with Gasteiger partial charge in [0.15, 0.2) is 0 Å². The molecule has 0 saturated carbocycles. The maximum absolute atomic E-state index is 15.6. The van der Waals surface area contributed by atoms with E-state index in [-0.39, 0.29) is 11.9 Å². The maximum atomic E-state index is 15.6. The number of ether oxygens (including phenoxy) is 2. The number of allylic oxidation sites excluding steroid dienone is 1. The molecule has 0 spiro atoms. The monoisotopic (exact) mass is 512 g/mol. The van der Waals surface area contributed by atoms with E-state index in [9.17, 15) is 4.79 Å². The fourth-order valence-electron chi connectivity index (χ4n) is 4.66. The number of aliphatic carboxylic acids is 1. The van der Waals surface area contributed by atoms with Crippen LogP contribution in [-0.2, 0) is 16.0 Å². The van der Waals surface area contributed by atoms with E-state index in [0.29, 0.717) is 22.9 Å². The van der Waals surface area contributed by atoms with Crippen LogP contribution >= 0.6 is 0 Å². The second kappa shape index (κ2) is 11.9. The van der Waals surface area contributed by atoms with Gasteiger partial charge >= 0.3 is 5.97 Å². The van der Waals surface area contributed by atoms with Crippen LogP contribution in [0.5, 0.6) is 5.75 Å². The van der Waals surface area contributed by atoms with Crippen molar-refractivity contribution in [2.75, 3.05) is 13.2 Å². The van der Waals surface area contributed by atoms with Crippen LogP contribution in [0.1, 0.15) is 41.5 Å². The van der Waals surface area contributed by atoms with E-state index < -0.39 is 5.97 Å². The Kier molecular flexibility index (Phi) is 7.95. The summed E-state index contributed by atoms with van der Waals surface area (Å²) >= 11 is 0. The van der Waals surface area contributed by atoms with Crippen LogP contribution in [0.15, 0.2) is 79.0 Å². The highest BCUT2D eigenvalue weighted by atomic mass is 19.1. The predicted molar refractivity (Wildman–Crippen MR) is 145 cm³/mol. The Labute approximate surface area is 220 Å². The van der Waals surface area contributed by atoms with E-state index in [1.165, 1.54) is 12.3 Å². The lowest BCUT2D eigenvalue weighted by Gasteiger charge is -2.23. The van der Waals surface area contributed by atoms with Gasteiger partial charge in [-0.3, -0.25) is 5.10 Å². The third-order valence-electron chi connectivity index (χ3n) is 6.64. The molecule has 4 aromatic rings. The number of rotatable bonds is 9. The lowest BCUT2D eigenvalue weighted by atomic mass is 9.93. The molecule has 194 valence electrons. The Balaban J connectivity index is 1.39. The average molecular weight is 513 g/mol. The molecule has 1 saturated heterocycles. The summed E-state index contributed by atoms with van der Waals surface area (Å²) in [7, 11) is 0. The number of hydrogen-bond acceptors (Lipinski definition) is 4. The van der Waals surface area contributed by atoms with Gasteiger partial charge in [-0.15, -0.1) is 0 Å². The molecule has 2 N–H and O–H groups in total. The lowest BCUT2D eigenvalue weighted by molar-refractivity contribution is -0.131. The first-order chi connectivity index (χ1) is 18.6. The third-order valence-corrected chi connectivity index (χ3v) is 6.64. The maximum Gasteiger partial charge on any atom is 0.328 e. The van der Waals surface area contributed by atoms with Crippen LogP contribution in [0.25, 0.3) is 22.6 Å². The summed E-state index contributed by atoms with van der Waals surface area (Å²) in [5.74, 6) is -0.475. The topological polar surface area (TPSA) is 84.4 Å². The van der Waals surface area contributed by atoms with E-state index in [2.05, 4.69) is 28.4 Å². The fraction of sp³-hybridized carbons (Fsp3) is 0.226. The molecule has 0 atom stereocenters. The molecule has 1 aliphatic heterocycles. The van der Waals surface area contributed by atoms with Crippen molar-refractivity contribution < 1.29 is 23.8 Å². The minimum atomic E-state index is -1.01. The Hall–Kier alpha value is -4.23. The van der Waals surface area contributed by atoms with E-state index in [1.807, 2.05) is 42.5 Å². The lowest BCUT2D eigenvalue weighted by Crippen LogP contribution is -2.25. The number of fused-ring (bicyclic) bond motifs is 1. The highest BCUT2D eigenvalue weighted by Crippen LogP contribution is 2.31. The summed E-state index contributed by atoms with van der Waals surface area (Å²) in [5.41, 5.74) is 4.64. The smallest absolute Gasteiger partial charge is 0.328 e.